The van der Waals surface area contributed by atoms with E-state index in [9.17, 15) is 8.42 Å². The number of halogens is 1. The van der Waals surface area contributed by atoms with Gasteiger partial charge in [-0.3, -0.25) is 4.99 Å². The van der Waals surface area contributed by atoms with Gasteiger partial charge in [-0.25, -0.2) is 12.7 Å². The van der Waals surface area contributed by atoms with Crippen LogP contribution in [0.5, 0.6) is 0 Å². The third-order valence-electron chi connectivity index (χ3n) is 4.06. The molecule has 0 unspecified atom stereocenters. The van der Waals surface area contributed by atoms with Gasteiger partial charge in [-0.05, 0) is 32.6 Å². The maximum Gasteiger partial charge on any atom is 0.211 e. The molecule has 0 spiro atoms. The maximum atomic E-state index is 11.5. The molecule has 1 aliphatic heterocycles. The molecule has 9 heteroatoms. The number of ether oxygens (including phenoxy) is 1. The lowest BCUT2D eigenvalue weighted by Crippen LogP contribution is -2.47. The zero-order valence-corrected chi connectivity index (χ0v) is 17.9. The fourth-order valence-corrected chi connectivity index (χ4v) is 3.15. The van der Waals surface area contributed by atoms with Crippen molar-refractivity contribution in [3.8, 4) is 0 Å². The van der Waals surface area contributed by atoms with Gasteiger partial charge >= 0.3 is 0 Å². The number of methoxy groups -OCH3 is 1. The average molecular weight is 462 g/mol. The topological polar surface area (TPSA) is 83.0 Å². The Bertz CT molecular complexity index is 474. The summed E-state index contributed by atoms with van der Waals surface area (Å²) in [7, 11) is 0.375. The number of hydrogen-bond donors (Lipinski definition) is 2. The lowest BCUT2D eigenvalue weighted by molar-refractivity contribution is 0.0268. The minimum atomic E-state index is -3.05. The number of guanidine groups is 1. The first-order chi connectivity index (χ1) is 10.2. The summed E-state index contributed by atoms with van der Waals surface area (Å²) in [5.74, 6) is 1.21. The van der Waals surface area contributed by atoms with E-state index in [0.717, 1.165) is 25.3 Å². The molecule has 1 rings (SSSR count). The summed E-state index contributed by atoms with van der Waals surface area (Å²) in [5, 5.41) is 6.55. The highest BCUT2D eigenvalue weighted by Crippen LogP contribution is 2.18. The molecule has 23 heavy (non-hydrogen) atoms. The quantitative estimate of drug-likeness (QED) is 0.348. The first kappa shape index (κ1) is 22.9. The van der Waals surface area contributed by atoms with Gasteiger partial charge in [0, 0.05) is 40.3 Å². The van der Waals surface area contributed by atoms with Crippen LogP contribution in [0.2, 0.25) is 0 Å². The largest absolute Gasteiger partial charge is 0.377 e. The molecule has 0 aromatic rings. The van der Waals surface area contributed by atoms with Gasteiger partial charge in [0.05, 0.1) is 11.9 Å². The van der Waals surface area contributed by atoms with Crippen LogP contribution in [0.25, 0.3) is 0 Å². The average Bonchev–Trinajstić information content (AvgIpc) is 2.47. The van der Waals surface area contributed by atoms with Crippen LogP contribution >= 0.6 is 24.0 Å². The van der Waals surface area contributed by atoms with Gasteiger partial charge < -0.3 is 15.4 Å². The highest BCUT2D eigenvalue weighted by molar-refractivity contribution is 14.0. The Morgan fingerprint density at radius 3 is 2.30 bits per heavy atom. The van der Waals surface area contributed by atoms with Crippen molar-refractivity contribution >= 4 is 40.0 Å². The molecule has 138 valence electrons. The summed E-state index contributed by atoms with van der Waals surface area (Å²) in [6.45, 7) is 6.69. The molecule has 0 bridgehead atoms. The summed E-state index contributed by atoms with van der Waals surface area (Å²) >= 11 is 0. The summed E-state index contributed by atoms with van der Waals surface area (Å²) < 4.78 is 29.9. The Labute approximate surface area is 157 Å². The molecule has 1 aliphatic rings. The third-order valence-corrected chi connectivity index (χ3v) is 5.36. The van der Waals surface area contributed by atoms with Crippen LogP contribution in [0.4, 0.5) is 0 Å². The van der Waals surface area contributed by atoms with E-state index in [1.54, 1.807) is 18.5 Å². The van der Waals surface area contributed by atoms with Gasteiger partial charge in [0.1, 0.15) is 0 Å². The molecule has 2 N–H and O–H groups in total. The number of nitrogens with one attached hydrogen (secondary N) is 2. The van der Waals surface area contributed by atoms with Crippen LogP contribution < -0.4 is 10.6 Å². The van der Waals surface area contributed by atoms with E-state index in [-0.39, 0.29) is 29.6 Å². The van der Waals surface area contributed by atoms with Crippen molar-refractivity contribution in [3.63, 3.8) is 0 Å². The Kier molecular flexibility index (Phi) is 9.94. The summed E-state index contributed by atoms with van der Waals surface area (Å²) in [6, 6.07) is 0. The highest BCUT2D eigenvalue weighted by atomic mass is 127. The third kappa shape index (κ3) is 8.50. The van der Waals surface area contributed by atoms with E-state index < -0.39 is 10.0 Å². The lowest BCUT2D eigenvalue weighted by Gasteiger charge is -2.31. The van der Waals surface area contributed by atoms with Gasteiger partial charge in [0.2, 0.25) is 10.0 Å². The molecule has 0 saturated carbocycles. The first-order valence-corrected chi connectivity index (χ1v) is 9.47. The normalized spacial score (nSPS) is 18.4. The van der Waals surface area contributed by atoms with Crippen LogP contribution in [0, 0.1) is 5.92 Å². The van der Waals surface area contributed by atoms with E-state index >= 15 is 0 Å². The van der Waals surface area contributed by atoms with Crippen LogP contribution in [-0.4, -0.2) is 70.9 Å². The lowest BCUT2D eigenvalue weighted by atomic mass is 9.98. The zero-order chi connectivity index (χ0) is 16.8. The fraction of sp³-hybridized carbons (Fsp3) is 0.929. The molecular weight excluding hydrogens is 431 g/mol. The van der Waals surface area contributed by atoms with Gasteiger partial charge in [0.15, 0.2) is 5.96 Å². The Balaban J connectivity index is 0.00000484. The van der Waals surface area contributed by atoms with Crippen LogP contribution in [0.15, 0.2) is 4.99 Å². The number of rotatable bonds is 6. The monoisotopic (exact) mass is 462 g/mol. The van der Waals surface area contributed by atoms with E-state index in [0.29, 0.717) is 25.6 Å². The predicted octanol–water partition coefficient (Wildman–Crippen LogP) is 0.866. The van der Waals surface area contributed by atoms with Crippen LogP contribution in [0.1, 0.15) is 26.7 Å². The van der Waals surface area contributed by atoms with Crippen LogP contribution in [-0.2, 0) is 14.8 Å². The smallest absolute Gasteiger partial charge is 0.211 e. The Hall–Kier alpha value is -0.130. The Morgan fingerprint density at radius 2 is 1.87 bits per heavy atom. The van der Waals surface area contributed by atoms with Crippen LogP contribution in [0.3, 0.4) is 0 Å². The van der Waals surface area contributed by atoms with E-state index in [4.69, 9.17) is 4.74 Å². The van der Waals surface area contributed by atoms with Gasteiger partial charge in [0.25, 0.3) is 0 Å². The number of sulfonamides is 1. The van der Waals surface area contributed by atoms with E-state index in [2.05, 4.69) is 15.6 Å². The molecule has 0 atom stereocenters. The minimum absolute atomic E-state index is 0. The maximum absolute atomic E-state index is 11.5. The molecule has 0 radical (unpaired) electrons. The van der Waals surface area contributed by atoms with Crippen molar-refractivity contribution in [3.05, 3.63) is 0 Å². The zero-order valence-electron chi connectivity index (χ0n) is 14.8. The van der Waals surface area contributed by atoms with Gasteiger partial charge in [-0.2, -0.15) is 0 Å². The molecule has 1 heterocycles. The molecule has 1 fully saturated rings. The fourth-order valence-electron chi connectivity index (χ4n) is 2.28. The van der Waals surface area contributed by atoms with Crippen molar-refractivity contribution < 1.29 is 13.2 Å². The second kappa shape index (κ2) is 10.00. The molecule has 7 nitrogen and oxygen atoms in total. The van der Waals surface area contributed by atoms with Crippen molar-refractivity contribution in [1.29, 1.82) is 0 Å². The van der Waals surface area contributed by atoms with Gasteiger partial charge in [-0.1, -0.05) is 0 Å². The van der Waals surface area contributed by atoms with E-state index in [1.807, 2.05) is 13.8 Å². The summed E-state index contributed by atoms with van der Waals surface area (Å²) in [5.41, 5.74) is -0.252. The second-order valence-electron chi connectivity index (χ2n) is 6.38. The number of nitrogens with zero attached hydrogens (tertiary/aromatic N) is 2. The summed E-state index contributed by atoms with van der Waals surface area (Å²) in [6.07, 6.45) is 3.02. The number of hydrogen-bond acceptors (Lipinski definition) is 4. The molecule has 0 amide bonds. The van der Waals surface area contributed by atoms with Crippen molar-refractivity contribution in [2.75, 3.05) is 46.6 Å². The van der Waals surface area contributed by atoms with Crippen molar-refractivity contribution in [2.45, 2.75) is 32.3 Å². The highest BCUT2D eigenvalue weighted by Gasteiger charge is 2.25. The van der Waals surface area contributed by atoms with E-state index in [1.165, 1.54) is 6.26 Å². The van der Waals surface area contributed by atoms with Crippen molar-refractivity contribution in [2.24, 2.45) is 10.9 Å². The SMILES string of the molecule is CN=C(NCC1CCN(S(C)(=O)=O)CC1)NCC(C)(C)OC.I. The predicted molar refractivity (Wildman–Crippen MR) is 105 cm³/mol. The second-order valence-corrected chi connectivity index (χ2v) is 8.36. The molecule has 1 saturated heterocycles. The molecular formula is C14H31IN4O3S. The standard InChI is InChI=1S/C14H30N4O3S.HI/c1-14(2,21-4)11-17-13(15-3)16-10-12-6-8-18(9-7-12)22(5,19)20;/h12H,6-11H2,1-5H3,(H2,15,16,17);1H. The first-order valence-electron chi connectivity index (χ1n) is 7.63. The Morgan fingerprint density at radius 1 is 1.30 bits per heavy atom. The molecule has 0 aromatic heterocycles. The number of piperidine rings is 1. The molecule has 0 aliphatic carbocycles. The van der Waals surface area contributed by atoms with Crippen molar-refractivity contribution in [1.82, 2.24) is 14.9 Å². The molecule has 0 aromatic carbocycles. The summed E-state index contributed by atoms with van der Waals surface area (Å²) in [4.78, 5) is 4.20. The minimum Gasteiger partial charge on any atom is -0.377 e. The van der Waals surface area contributed by atoms with Gasteiger partial charge in [-0.15, -0.1) is 24.0 Å². The number of aliphatic imine (C=N–C) groups is 1.